The van der Waals surface area contributed by atoms with Crippen LogP contribution in [0, 0.1) is 11.8 Å². The lowest BCUT2D eigenvalue weighted by Gasteiger charge is -2.18. The summed E-state index contributed by atoms with van der Waals surface area (Å²) in [6.07, 6.45) is 20.7. The molecule has 0 aromatic rings. The van der Waals surface area contributed by atoms with Crippen LogP contribution in [0.3, 0.4) is 0 Å². The van der Waals surface area contributed by atoms with Crippen molar-refractivity contribution in [3.8, 4) is 0 Å². The van der Waals surface area contributed by atoms with Gasteiger partial charge in [0.15, 0.2) is 0 Å². The average Bonchev–Trinajstić information content (AvgIpc) is 2.48. The van der Waals surface area contributed by atoms with E-state index < -0.39 is 0 Å². The molecule has 0 fully saturated rings. The van der Waals surface area contributed by atoms with Gasteiger partial charge in [0, 0.05) is 0 Å². The van der Waals surface area contributed by atoms with E-state index in [0.29, 0.717) is 0 Å². The standard InChI is InChI=1S/C20H40/c1-5-8-9-10-11-12-13-14-15-16-17-18-20(7-3)19(4)6-2/h7,19-20H,3,5-6,8-18H2,1-2,4H3. The number of hydrogen-bond acceptors (Lipinski definition) is 0. The van der Waals surface area contributed by atoms with Crippen LogP contribution in [0.4, 0.5) is 0 Å². The van der Waals surface area contributed by atoms with Crippen molar-refractivity contribution in [1.82, 2.24) is 0 Å². The molecule has 0 nitrogen and oxygen atoms in total. The first-order chi connectivity index (χ1) is 9.76. The van der Waals surface area contributed by atoms with E-state index in [9.17, 15) is 0 Å². The number of allylic oxidation sites excluding steroid dienone is 1. The summed E-state index contributed by atoms with van der Waals surface area (Å²) in [5.41, 5.74) is 0. The molecule has 20 heavy (non-hydrogen) atoms. The molecule has 0 saturated carbocycles. The number of hydrogen-bond donors (Lipinski definition) is 0. The first-order valence-electron chi connectivity index (χ1n) is 9.38. The smallest absolute Gasteiger partial charge is 0.0211 e. The highest BCUT2D eigenvalue weighted by molar-refractivity contribution is 4.82. The third-order valence-corrected chi connectivity index (χ3v) is 4.82. The van der Waals surface area contributed by atoms with Crippen molar-refractivity contribution in [2.45, 2.75) is 104 Å². The van der Waals surface area contributed by atoms with Crippen molar-refractivity contribution < 1.29 is 0 Å². The van der Waals surface area contributed by atoms with Crippen LogP contribution in [0.1, 0.15) is 104 Å². The summed E-state index contributed by atoms with van der Waals surface area (Å²) < 4.78 is 0. The van der Waals surface area contributed by atoms with Crippen LogP contribution >= 0.6 is 0 Å². The van der Waals surface area contributed by atoms with Crippen LogP contribution in [-0.4, -0.2) is 0 Å². The molecule has 0 aromatic carbocycles. The molecule has 0 spiro atoms. The second kappa shape index (κ2) is 15.1. The Kier molecular flexibility index (Phi) is 14.9. The van der Waals surface area contributed by atoms with Crippen molar-refractivity contribution in [3.63, 3.8) is 0 Å². The van der Waals surface area contributed by atoms with Gasteiger partial charge in [-0.05, 0) is 18.3 Å². The molecule has 2 unspecified atom stereocenters. The van der Waals surface area contributed by atoms with E-state index >= 15 is 0 Å². The molecule has 2 atom stereocenters. The molecule has 120 valence electrons. The molecule has 0 N–H and O–H groups in total. The van der Waals surface area contributed by atoms with Gasteiger partial charge in [-0.25, -0.2) is 0 Å². The largest absolute Gasteiger partial charge is 0.103 e. The summed E-state index contributed by atoms with van der Waals surface area (Å²) in [6.45, 7) is 10.9. The van der Waals surface area contributed by atoms with E-state index in [0.717, 1.165) is 11.8 Å². The van der Waals surface area contributed by atoms with Crippen molar-refractivity contribution in [3.05, 3.63) is 12.7 Å². The quantitative estimate of drug-likeness (QED) is 0.215. The predicted molar refractivity (Wildman–Crippen MR) is 94.2 cm³/mol. The minimum atomic E-state index is 0.749. The van der Waals surface area contributed by atoms with E-state index in [2.05, 4.69) is 33.4 Å². The average molecular weight is 281 g/mol. The fraction of sp³-hybridized carbons (Fsp3) is 0.900. The lowest BCUT2D eigenvalue weighted by Crippen LogP contribution is -2.07. The Balaban J connectivity index is 3.25. The fourth-order valence-electron chi connectivity index (χ4n) is 2.98. The minimum absolute atomic E-state index is 0.749. The second-order valence-corrected chi connectivity index (χ2v) is 6.61. The van der Waals surface area contributed by atoms with Gasteiger partial charge in [-0.3, -0.25) is 0 Å². The van der Waals surface area contributed by atoms with E-state index in [4.69, 9.17) is 0 Å². The summed E-state index contributed by atoms with van der Waals surface area (Å²) in [5, 5.41) is 0. The zero-order valence-electron chi connectivity index (χ0n) is 14.6. The first-order valence-corrected chi connectivity index (χ1v) is 9.38. The molecule has 0 aliphatic heterocycles. The van der Waals surface area contributed by atoms with Crippen LogP contribution in [0.2, 0.25) is 0 Å². The van der Waals surface area contributed by atoms with E-state index in [-0.39, 0.29) is 0 Å². The highest BCUT2D eigenvalue weighted by atomic mass is 14.2. The third kappa shape index (κ3) is 11.6. The number of rotatable bonds is 15. The summed E-state index contributed by atoms with van der Waals surface area (Å²) in [4.78, 5) is 0. The van der Waals surface area contributed by atoms with Gasteiger partial charge >= 0.3 is 0 Å². The first kappa shape index (κ1) is 19.7. The van der Waals surface area contributed by atoms with E-state index in [1.165, 1.54) is 83.5 Å². The lowest BCUT2D eigenvalue weighted by molar-refractivity contribution is 0.378. The Labute approximate surface area is 129 Å². The molecule has 0 heterocycles. The van der Waals surface area contributed by atoms with Crippen LogP contribution in [0.5, 0.6) is 0 Å². The fourth-order valence-corrected chi connectivity index (χ4v) is 2.98. The Morgan fingerprint density at radius 1 is 0.750 bits per heavy atom. The van der Waals surface area contributed by atoms with Gasteiger partial charge in [0.2, 0.25) is 0 Å². The zero-order chi connectivity index (χ0) is 15.1. The third-order valence-electron chi connectivity index (χ3n) is 4.82. The molecule has 0 rings (SSSR count). The highest BCUT2D eigenvalue weighted by Gasteiger charge is 2.10. The van der Waals surface area contributed by atoms with Gasteiger partial charge in [-0.2, -0.15) is 0 Å². The molecular formula is C20H40. The summed E-state index contributed by atoms with van der Waals surface area (Å²) in [6, 6.07) is 0. The second-order valence-electron chi connectivity index (χ2n) is 6.61. The van der Waals surface area contributed by atoms with Crippen LogP contribution in [-0.2, 0) is 0 Å². The minimum Gasteiger partial charge on any atom is -0.103 e. The van der Waals surface area contributed by atoms with Crippen LogP contribution in [0.15, 0.2) is 12.7 Å². The molecule has 0 aliphatic carbocycles. The van der Waals surface area contributed by atoms with Crippen LogP contribution in [0.25, 0.3) is 0 Å². The van der Waals surface area contributed by atoms with E-state index in [1.807, 2.05) is 0 Å². The molecule has 0 aromatic heterocycles. The molecule has 0 bridgehead atoms. The van der Waals surface area contributed by atoms with Gasteiger partial charge in [0.05, 0.1) is 0 Å². The van der Waals surface area contributed by atoms with Gasteiger partial charge in [0.25, 0.3) is 0 Å². The summed E-state index contributed by atoms with van der Waals surface area (Å²) in [5.74, 6) is 1.56. The molecule has 0 heteroatoms. The summed E-state index contributed by atoms with van der Waals surface area (Å²) in [7, 11) is 0. The molecule has 0 radical (unpaired) electrons. The van der Waals surface area contributed by atoms with Gasteiger partial charge in [-0.15, -0.1) is 6.58 Å². The molecular weight excluding hydrogens is 240 g/mol. The highest BCUT2D eigenvalue weighted by Crippen LogP contribution is 2.23. The molecule has 0 aliphatic rings. The lowest BCUT2D eigenvalue weighted by atomic mass is 9.87. The molecule has 0 amide bonds. The van der Waals surface area contributed by atoms with Gasteiger partial charge in [-0.1, -0.05) is 104 Å². The SMILES string of the molecule is C=CC(CCCCCCCCCCCCC)C(C)CC. The monoisotopic (exact) mass is 280 g/mol. The normalized spacial score (nSPS) is 14.2. The van der Waals surface area contributed by atoms with Gasteiger partial charge < -0.3 is 0 Å². The van der Waals surface area contributed by atoms with Crippen molar-refractivity contribution in [2.24, 2.45) is 11.8 Å². The Hall–Kier alpha value is -0.260. The van der Waals surface area contributed by atoms with Crippen molar-refractivity contribution >= 4 is 0 Å². The maximum atomic E-state index is 4.00. The number of unbranched alkanes of at least 4 members (excludes halogenated alkanes) is 10. The van der Waals surface area contributed by atoms with Crippen LogP contribution < -0.4 is 0 Å². The van der Waals surface area contributed by atoms with Gasteiger partial charge in [0.1, 0.15) is 0 Å². The van der Waals surface area contributed by atoms with Crippen molar-refractivity contribution in [1.29, 1.82) is 0 Å². The zero-order valence-corrected chi connectivity index (χ0v) is 14.6. The topological polar surface area (TPSA) is 0 Å². The Morgan fingerprint density at radius 2 is 1.20 bits per heavy atom. The Morgan fingerprint density at radius 3 is 1.60 bits per heavy atom. The molecule has 0 saturated heterocycles. The van der Waals surface area contributed by atoms with Crippen molar-refractivity contribution in [2.75, 3.05) is 0 Å². The Bertz CT molecular complexity index is 194. The maximum absolute atomic E-state index is 4.00. The maximum Gasteiger partial charge on any atom is -0.0211 e. The summed E-state index contributed by atoms with van der Waals surface area (Å²) >= 11 is 0. The van der Waals surface area contributed by atoms with E-state index in [1.54, 1.807) is 0 Å². The predicted octanol–water partition coefficient (Wildman–Crippen LogP) is 7.54.